The predicted molar refractivity (Wildman–Crippen MR) is 73.0 cm³/mol. The summed E-state index contributed by atoms with van der Waals surface area (Å²) in [5.41, 5.74) is 0.872. The van der Waals surface area contributed by atoms with Crippen molar-refractivity contribution in [3.05, 3.63) is 21.6 Å². The van der Waals surface area contributed by atoms with E-state index in [0.29, 0.717) is 43.1 Å². The molecular formula is C13H19N3O4. The molecule has 0 unspecified atom stereocenters. The Labute approximate surface area is 116 Å². The Morgan fingerprint density at radius 1 is 1.45 bits per heavy atom. The van der Waals surface area contributed by atoms with Gasteiger partial charge in [-0.15, -0.1) is 0 Å². The number of carbonyl (C=O) groups is 1. The zero-order valence-electron chi connectivity index (χ0n) is 11.4. The average Bonchev–Trinajstić information content (AvgIpc) is 2.42. The number of rotatable bonds is 4. The van der Waals surface area contributed by atoms with Gasteiger partial charge >= 0.3 is 5.97 Å². The van der Waals surface area contributed by atoms with E-state index >= 15 is 0 Å². The third-order valence-electron chi connectivity index (χ3n) is 3.72. The number of aliphatic carboxylic acids is 1. The maximum atomic E-state index is 11.9. The molecule has 1 aliphatic rings. The molecule has 0 atom stereocenters. The smallest absolute Gasteiger partial charge is 0.306 e. The van der Waals surface area contributed by atoms with Crippen molar-refractivity contribution in [3.8, 4) is 0 Å². The Morgan fingerprint density at radius 2 is 2.10 bits per heavy atom. The van der Waals surface area contributed by atoms with Gasteiger partial charge in [0, 0.05) is 31.7 Å². The molecule has 0 aliphatic carbocycles. The van der Waals surface area contributed by atoms with Crippen LogP contribution in [0.1, 0.15) is 24.1 Å². The van der Waals surface area contributed by atoms with Crippen LogP contribution in [-0.2, 0) is 11.2 Å². The van der Waals surface area contributed by atoms with E-state index in [-0.39, 0.29) is 24.5 Å². The Kier molecular flexibility index (Phi) is 4.39. The number of hydrogen-bond acceptors (Lipinski definition) is 5. The van der Waals surface area contributed by atoms with Gasteiger partial charge in [0.05, 0.1) is 11.6 Å². The molecular weight excluding hydrogens is 262 g/mol. The van der Waals surface area contributed by atoms with Crippen molar-refractivity contribution in [2.24, 2.45) is 5.92 Å². The number of carboxylic acid groups (broad SMARTS) is 1. The molecule has 0 saturated carbocycles. The van der Waals surface area contributed by atoms with Crippen LogP contribution in [0.25, 0.3) is 0 Å². The average molecular weight is 281 g/mol. The number of aryl methyl sites for hydroxylation is 1. The molecule has 7 heteroatoms. The van der Waals surface area contributed by atoms with Crippen LogP contribution in [0.3, 0.4) is 0 Å². The topological polar surface area (TPSA) is 107 Å². The van der Waals surface area contributed by atoms with E-state index in [4.69, 9.17) is 10.2 Å². The summed E-state index contributed by atoms with van der Waals surface area (Å²) < 4.78 is 0. The van der Waals surface area contributed by atoms with Crippen molar-refractivity contribution in [2.75, 3.05) is 24.6 Å². The van der Waals surface area contributed by atoms with Gasteiger partial charge in [0.1, 0.15) is 0 Å². The molecule has 0 aromatic carbocycles. The van der Waals surface area contributed by atoms with Crippen molar-refractivity contribution < 1.29 is 15.0 Å². The first-order valence-corrected chi connectivity index (χ1v) is 6.71. The van der Waals surface area contributed by atoms with Crippen molar-refractivity contribution in [2.45, 2.75) is 26.2 Å². The molecule has 2 heterocycles. The first-order chi connectivity index (χ1) is 9.52. The van der Waals surface area contributed by atoms with Crippen LogP contribution in [0.2, 0.25) is 0 Å². The molecule has 7 nitrogen and oxygen atoms in total. The third-order valence-corrected chi connectivity index (χ3v) is 3.72. The van der Waals surface area contributed by atoms with Crippen LogP contribution in [0, 0.1) is 12.8 Å². The van der Waals surface area contributed by atoms with Gasteiger partial charge < -0.3 is 15.1 Å². The first kappa shape index (κ1) is 14.5. The number of nitrogens with one attached hydrogen (secondary N) is 1. The fourth-order valence-corrected chi connectivity index (χ4v) is 2.49. The summed E-state index contributed by atoms with van der Waals surface area (Å²) in [6.45, 7) is 2.79. The normalized spacial score (nSPS) is 16.4. The van der Waals surface area contributed by atoms with Crippen molar-refractivity contribution in [3.63, 3.8) is 0 Å². The number of aliphatic hydroxyl groups is 1. The second kappa shape index (κ2) is 6.04. The van der Waals surface area contributed by atoms with Gasteiger partial charge in [-0.05, 0) is 19.8 Å². The van der Waals surface area contributed by atoms with E-state index in [1.165, 1.54) is 0 Å². The van der Waals surface area contributed by atoms with Gasteiger partial charge in [-0.3, -0.25) is 14.6 Å². The lowest BCUT2D eigenvalue weighted by Gasteiger charge is -2.30. The number of carboxylic acids is 1. The number of aromatic nitrogens is 2. The quantitative estimate of drug-likeness (QED) is 0.712. The van der Waals surface area contributed by atoms with Gasteiger partial charge in [-0.25, -0.2) is 4.98 Å². The van der Waals surface area contributed by atoms with Gasteiger partial charge in [-0.2, -0.15) is 0 Å². The zero-order valence-corrected chi connectivity index (χ0v) is 11.4. The molecule has 1 aromatic heterocycles. The highest BCUT2D eigenvalue weighted by molar-refractivity contribution is 5.70. The highest BCUT2D eigenvalue weighted by Gasteiger charge is 2.25. The fourth-order valence-electron chi connectivity index (χ4n) is 2.49. The van der Waals surface area contributed by atoms with E-state index in [0.717, 1.165) is 0 Å². The summed E-state index contributed by atoms with van der Waals surface area (Å²) in [7, 11) is 0. The Balaban J connectivity index is 2.15. The SMILES string of the molecule is Cc1nc(N2CCC(C(=O)O)CC2)[nH]c(=O)c1CCO. The molecule has 1 aliphatic heterocycles. The molecule has 110 valence electrons. The summed E-state index contributed by atoms with van der Waals surface area (Å²) in [6.07, 6.45) is 1.39. The van der Waals surface area contributed by atoms with Crippen molar-refractivity contribution in [1.82, 2.24) is 9.97 Å². The fraction of sp³-hybridized carbons (Fsp3) is 0.615. The Bertz CT molecular complexity index is 547. The van der Waals surface area contributed by atoms with Gasteiger partial charge in [0.2, 0.25) is 5.95 Å². The first-order valence-electron chi connectivity index (χ1n) is 6.71. The molecule has 2 rings (SSSR count). The van der Waals surface area contributed by atoms with E-state index in [2.05, 4.69) is 9.97 Å². The van der Waals surface area contributed by atoms with Crippen LogP contribution in [-0.4, -0.2) is 45.8 Å². The van der Waals surface area contributed by atoms with Gasteiger partial charge in [-0.1, -0.05) is 0 Å². The van der Waals surface area contributed by atoms with Crippen LogP contribution in [0.5, 0.6) is 0 Å². The van der Waals surface area contributed by atoms with Crippen LogP contribution in [0.15, 0.2) is 4.79 Å². The van der Waals surface area contributed by atoms with Crippen LogP contribution in [0.4, 0.5) is 5.95 Å². The van der Waals surface area contributed by atoms with E-state index in [1.807, 2.05) is 4.90 Å². The third kappa shape index (κ3) is 2.98. The van der Waals surface area contributed by atoms with Gasteiger partial charge in [0.25, 0.3) is 5.56 Å². The maximum absolute atomic E-state index is 11.9. The highest BCUT2D eigenvalue weighted by Crippen LogP contribution is 2.20. The summed E-state index contributed by atoms with van der Waals surface area (Å²) in [4.78, 5) is 31.8. The molecule has 0 bridgehead atoms. The molecule has 1 fully saturated rings. The second-order valence-corrected chi connectivity index (χ2v) is 5.03. The predicted octanol–water partition coefficient (Wildman–Crippen LogP) is -0.0859. The van der Waals surface area contributed by atoms with E-state index < -0.39 is 5.97 Å². The number of H-pyrrole nitrogens is 1. The largest absolute Gasteiger partial charge is 0.481 e. The molecule has 20 heavy (non-hydrogen) atoms. The minimum absolute atomic E-state index is 0.0883. The van der Waals surface area contributed by atoms with E-state index in [9.17, 15) is 9.59 Å². The van der Waals surface area contributed by atoms with Crippen molar-refractivity contribution >= 4 is 11.9 Å². The summed E-state index contributed by atoms with van der Waals surface area (Å²) >= 11 is 0. The molecule has 0 amide bonds. The number of nitrogens with zero attached hydrogens (tertiary/aromatic N) is 2. The minimum Gasteiger partial charge on any atom is -0.481 e. The van der Waals surface area contributed by atoms with E-state index in [1.54, 1.807) is 6.92 Å². The molecule has 0 radical (unpaired) electrons. The lowest BCUT2D eigenvalue weighted by atomic mass is 9.97. The molecule has 3 N–H and O–H groups in total. The zero-order chi connectivity index (χ0) is 14.7. The number of aliphatic hydroxyl groups excluding tert-OH is 1. The van der Waals surface area contributed by atoms with Gasteiger partial charge in [0.15, 0.2) is 0 Å². The van der Waals surface area contributed by atoms with Crippen LogP contribution < -0.4 is 10.5 Å². The summed E-state index contributed by atoms with van der Waals surface area (Å²) in [5.74, 6) is -0.591. The van der Waals surface area contributed by atoms with Crippen LogP contribution >= 0.6 is 0 Å². The molecule has 1 aromatic rings. The molecule has 1 saturated heterocycles. The number of anilines is 1. The Hall–Kier alpha value is -1.89. The lowest BCUT2D eigenvalue weighted by molar-refractivity contribution is -0.142. The summed E-state index contributed by atoms with van der Waals surface area (Å²) in [6, 6.07) is 0. The number of aromatic amines is 1. The molecule has 0 spiro atoms. The monoisotopic (exact) mass is 281 g/mol. The standard InChI is InChI=1S/C13H19N3O4/c1-8-10(4-7-17)11(18)15-13(14-8)16-5-2-9(3-6-16)12(19)20/h9,17H,2-7H2,1H3,(H,19,20)(H,14,15,18). The second-order valence-electron chi connectivity index (χ2n) is 5.03. The number of piperidine rings is 1. The maximum Gasteiger partial charge on any atom is 0.306 e. The van der Waals surface area contributed by atoms with Crippen molar-refractivity contribution in [1.29, 1.82) is 0 Å². The minimum atomic E-state index is -0.763. The number of hydrogen-bond donors (Lipinski definition) is 3. The summed E-state index contributed by atoms with van der Waals surface area (Å²) in [5, 5.41) is 17.9. The lowest BCUT2D eigenvalue weighted by Crippen LogP contribution is -2.38. The Morgan fingerprint density at radius 3 is 2.60 bits per heavy atom. The highest BCUT2D eigenvalue weighted by atomic mass is 16.4.